The van der Waals surface area contributed by atoms with Crippen LogP contribution in [0.25, 0.3) is 0 Å². The first-order valence-corrected chi connectivity index (χ1v) is 4.27. The number of aromatic nitrogens is 1. The van der Waals surface area contributed by atoms with Crippen molar-refractivity contribution in [3.63, 3.8) is 0 Å². The summed E-state index contributed by atoms with van der Waals surface area (Å²) in [4.78, 5) is 13.8. The van der Waals surface area contributed by atoms with Crippen molar-refractivity contribution >= 4 is 5.78 Å². The molecule has 0 atom stereocenters. The lowest BCUT2D eigenvalue weighted by Crippen LogP contribution is -2.24. The highest BCUT2D eigenvalue weighted by molar-refractivity contribution is 6.00. The van der Waals surface area contributed by atoms with Gasteiger partial charge in [0.15, 0.2) is 0 Å². The lowest BCUT2D eigenvalue weighted by atomic mass is 10.2. The summed E-state index contributed by atoms with van der Waals surface area (Å²) in [5, 5.41) is 0. The van der Waals surface area contributed by atoms with E-state index >= 15 is 0 Å². The summed E-state index contributed by atoms with van der Waals surface area (Å²) in [5.74, 6) is -3.92. The van der Waals surface area contributed by atoms with Crippen LogP contribution in [0, 0.1) is 5.95 Å². The van der Waals surface area contributed by atoms with E-state index in [4.69, 9.17) is 4.74 Å². The van der Waals surface area contributed by atoms with Crippen molar-refractivity contribution in [2.75, 3.05) is 6.61 Å². The summed E-state index contributed by atoms with van der Waals surface area (Å²) in [5.41, 5.74) is -1.11. The lowest BCUT2D eigenvalue weighted by molar-refractivity contribution is -0.0888. The van der Waals surface area contributed by atoms with Gasteiger partial charge in [-0.15, -0.1) is 0 Å². The zero-order chi connectivity index (χ0) is 12.3. The lowest BCUT2D eigenvalue weighted by Gasteiger charge is -2.07. The van der Waals surface area contributed by atoms with Crippen molar-refractivity contribution < 1.29 is 27.1 Å². The molecule has 0 spiro atoms. The first kappa shape index (κ1) is 12.4. The highest BCUT2D eigenvalue weighted by atomic mass is 19.4. The Labute approximate surface area is 88.0 Å². The number of ketones is 1. The second kappa shape index (κ2) is 4.46. The summed E-state index contributed by atoms with van der Waals surface area (Å²) < 4.78 is 53.8. The van der Waals surface area contributed by atoms with E-state index in [1.165, 1.54) is 0 Å². The average Bonchev–Trinajstić information content (AvgIpc) is 2.16. The summed E-state index contributed by atoms with van der Waals surface area (Å²) in [6.45, 7) is 1.80. The molecule has 0 bridgehead atoms. The van der Waals surface area contributed by atoms with Crippen LogP contribution < -0.4 is 4.74 Å². The zero-order valence-corrected chi connectivity index (χ0v) is 8.14. The van der Waals surface area contributed by atoms with Gasteiger partial charge in [0.05, 0.1) is 12.2 Å². The monoisotopic (exact) mass is 237 g/mol. The summed E-state index contributed by atoms with van der Waals surface area (Å²) in [6, 6.07) is 1.70. The molecular weight excluding hydrogens is 230 g/mol. The molecule has 1 rings (SSSR count). The van der Waals surface area contributed by atoms with E-state index in [1.807, 2.05) is 0 Å². The molecule has 7 heteroatoms. The van der Waals surface area contributed by atoms with Crippen LogP contribution in [0.5, 0.6) is 5.88 Å². The number of halogens is 4. The number of ether oxygens (including phenoxy) is 1. The molecule has 3 nitrogen and oxygen atoms in total. The third kappa shape index (κ3) is 2.68. The Balaban J connectivity index is 3.04. The van der Waals surface area contributed by atoms with Gasteiger partial charge in [-0.2, -0.15) is 22.5 Å². The van der Waals surface area contributed by atoms with Crippen LogP contribution in [0.4, 0.5) is 17.6 Å². The minimum atomic E-state index is -5.12. The minimum absolute atomic E-state index is 0.168. The minimum Gasteiger partial charge on any atom is -0.478 e. The molecule has 0 N–H and O–H groups in total. The summed E-state index contributed by atoms with van der Waals surface area (Å²) >= 11 is 0. The Bertz CT molecular complexity index is 403. The highest BCUT2D eigenvalue weighted by Gasteiger charge is 2.41. The summed E-state index contributed by atoms with van der Waals surface area (Å²) in [6.07, 6.45) is -5.12. The second-order valence-electron chi connectivity index (χ2n) is 2.75. The van der Waals surface area contributed by atoms with Crippen LogP contribution in [0.2, 0.25) is 0 Å². The topological polar surface area (TPSA) is 39.2 Å². The van der Waals surface area contributed by atoms with Gasteiger partial charge in [0, 0.05) is 6.07 Å². The number of nitrogens with zero attached hydrogens (tertiary/aromatic N) is 1. The Hall–Kier alpha value is -1.66. The number of alkyl halides is 3. The van der Waals surface area contributed by atoms with E-state index in [0.29, 0.717) is 6.07 Å². The van der Waals surface area contributed by atoms with Crippen LogP contribution in [0.3, 0.4) is 0 Å². The van der Waals surface area contributed by atoms with Gasteiger partial charge in [-0.3, -0.25) is 4.79 Å². The molecule has 1 aromatic rings. The maximum atomic E-state index is 13.0. The number of pyridine rings is 1. The van der Waals surface area contributed by atoms with Gasteiger partial charge in [-0.05, 0) is 13.0 Å². The predicted octanol–water partition coefficient (Wildman–Crippen LogP) is 2.36. The number of carbonyl (C=O) groups is 1. The van der Waals surface area contributed by atoms with Gasteiger partial charge in [0.25, 0.3) is 5.78 Å². The largest absolute Gasteiger partial charge is 0.478 e. The molecule has 0 aliphatic heterocycles. The smallest absolute Gasteiger partial charge is 0.455 e. The Morgan fingerprint density at radius 2 is 2.06 bits per heavy atom. The quantitative estimate of drug-likeness (QED) is 0.460. The molecular formula is C9H7F4NO2. The number of rotatable bonds is 3. The normalized spacial score (nSPS) is 11.3. The molecule has 0 aliphatic rings. The number of carbonyl (C=O) groups excluding carboxylic acids is 1. The van der Waals surface area contributed by atoms with Crippen LogP contribution in [0.15, 0.2) is 12.1 Å². The summed E-state index contributed by atoms with van der Waals surface area (Å²) in [7, 11) is 0. The van der Waals surface area contributed by atoms with Crippen molar-refractivity contribution in [3.8, 4) is 5.88 Å². The second-order valence-corrected chi connectivity index (χ2v) is 2.75. The molecule has 0 saturated heterocycles. The van der Waals surface area contributed by atoms with Gasteiger partial charge in [0.1, 0.15) is 0 Å². The van der Waals surface area contributed by atoms with Crippen molar-refractivity contribution in [3.05, 3.63) is 23.6 Å². The van der Waals surface area contributed by atoms with Gasteiger partial charge in [-0.1, -0.05) is 0 Å². The van der Waals surface area contributed by atoms with Crippen molar-refractivity contribution in [1.82, 2.24) is 4.98 Å². The van der Waals surface area contributed by atoms with Crippen LogP contribution in [-0.4, -0.2) is 23.6 Å². The fourth-order valence-corrected chi connectivity index (χ4v) is 0.968. The molecule has 0 amide bonds. The van der Waals surface area contributed by atoms with E-state index < -0.39 is 23.5 Å². The maximum absolute atomic E-state index is 13.0. The van der Waals surface area contributed by atoms with Gasteiger partial charge in [0.2, 0.25) is 11.8 Å². The van der Waals surface area contributed by atoms with E-state index in [0.717, 1.165) is 6.07 Å². The molecule has 0 aliphatic carbocycles. The molecule has 0 saturated carbocycles. The van der Waals surface area contributed by atoms with Crippen LogP contribution in [0.1, 0.15) is 17.3 Å². The van der Waals surface area contributed by atoms with Gasteiger partial charge < -0.3 is 4.74 Å². The number of hydrogen-bond acceptors (Lipinski definition) is 3. The highest BCUT2D eigenvalue weighted by Crippen LogP contribution is 2.23. The fraction of sp³-hybridized carbons (Fsp3) is 0.333. The molecule has 0 aromatic carbocycles. The van der Waals surface area contributed by atoms with E-state index in [1.54, 1.807) is 6.92 Å². The Morgan fingerprint density at radius 1 is 1.44 bits per heavy atom. The third-order valence-corrected chi connectivity index (χ3v) is 1.62. The average molecular weight is 237 g/mol. The van der Waals surface area contributed by atoms with Crippen molar-refractivity contribution in [1.29, 1.82) is 0 Å². The molecule has 1 aromatic heterocycles. The molecule has 0 radical (unpaired) electrons. The Kier molecular flexibility index (Phi) is 3.46. The third-order valence-electron chi connectivity index (χ3n) is 1.62. The predicted molar refractivity (Wildman–Crippen MR) is 45.7 cm³/mol. The van der Waals surface area contributed by atoms with Crippen molar-refractivity contribution in [2.24, 2.45) is 0 Å². The number of hydrogen-bond donors (Lipinski definition) is 0. The van der Waals surface area contributed by atoms with Crippen LogP contribution >= 0.6 is 0 Å². The fourth-order valence-electron chi connectivity index (χ4n) is 0.968. The molecule has 0 unspecified atom stereocenters. The van der Waals surface area contributed by atoms with Crippen LogP contribution in [-0.2, 0) is 0 Å². The van der Waals surface area contributed by atoms with Crippen molar-refractivity contribution in [2.45, 2.75) is 13.1 Å². The molecule has 1 heterocycles. The SMILES string of the molecule is CCOc1ccc(C(=O)C(F)(F)F)c(F)n1. The standard InChI is InChI=1S/C9H7F4NO2/c1-2-16-6-4-3-5(8(10)14-6)7(15)9(11,12)13/h3-4H,2H2,1H3. The van der Waals surface area contributed by atoms with Gasteiger partial charge >= 0.3 is 6.18 Å². The van der Waals surface area contributed by atoms with E-state index in [2.05, 4.69) is 4.98 Å². The first-order valence-electron chi connectivity index (χ1n) is 4.27. The zero-order valence-electron chi connectivity index (χ0n) is 8.14. The molecule has 16 heavy (non-hydrogen) atoms. The Morgan fingerprint density at radius 3 is 2.50 bits per heavy atom. The molecule has 88 valence electrons. The van der Waals surface area contributed by atoms with Gasteiger partial charge in [-0.25, -0.2) is 0 Å². The van der Waals surface area contributed by atoms with E-state index in [-0.39, 0.29) is 12.5 Å². The molecule has 0 fully saturated rings. The first-order chi connectivity index (χ1) is 7.36. The maximum Gasteiger partial charge on any atom is 0.455 e. The van der Waals surface area contributed by atoms with E-state index in [9.17, 15) is 22.4 Å². The number of Topliss-reactive ketones (excluding diaryl/α,β-unsaturated/α-hetero) is 1.